The Morgan fingerprint density at radius 2 is 1.61 bits per heavy atom. The molecule has 0 bridgehead atoms. The van der Waals surface area contributed by atoms with Crippen LogP contribution >= 0.6 is 23.2 Å². The number of carbonyl (C=O) groups excluding carboxylic acids is 1. The van der Waals surface area contributed by atoms with E-state index in [9.17, 15) is 4.79 Å². The van der Waals surface area contributed by atoms with E-state index in [1.807, 2.05) is 64.1 Å². The first-order chi connectivity index (χ1) is 17.2. The molecule has 1 aromatic heterocycles. The Kier molecular flexibility index (Phi) is 7.82. The molecule has 0 unspecified atom stereocenters. The SMILES string of the molecule is Cc1cc(/C=N\NC(=O)c2cccc(-n3c(C)ccc3C)c2)cc(C)c1OCc1ccc(Cl)c(Cl)c1. The first kappa shape index (κ1) is 25.5. The van der Waals surface area contributed by atoms with Crippen molar-refractivity contribution in [2.75, 3.05) is 0 Å². The van der Waals surface area contributed by atoms with E-state index in [1.54, 1.807) is 24.4 Å². The van der Waals surface area contributed by atoms with Crippen LogP contribution in [0.1, 0.15) is 44.0 Å². The number of halogens is 2. The van der Waals surface area contributed by atoms with Crippen LogP contribution in [0.15, 0.2) is 71.8 Å². The predicted molar refractivity (Wildman–Crippen MR) is 147 cm³/mol. The average molecular weight is 520 g/mol. The number of hydrogen-bond donors (Lipinski definition) is 1. The number of nitrogens with zero attached hydrogens (tertiary/aromatic N) is 2. The quantitative estimate of drug-likeness (QED) is 0.205. The normalized spacial score (nSPS) is 11.2. The number of hydrogen-bond acceptors (Lipinski definition) is 3. The number of aromatic nitrogens is 1. The van der Waals surface area contributed by atoms with Crippen LogP contribution in [-0.2, 0) is 6.61 Å². The highest BCUT2D eigenvalue weighted by atomic mass is 35.5. The van der Waals surface area contributed by atoms with E-state index >= 15 is 0 Å². The molecular formula is C29H27Cl2N3O2. The molecule has 1 N–H and O–H groups in total. The van der Waals surface area contributed by atoms with Crippen molar-refractivity contribution in [3.05, 3.63) is 116 Å². The Hall–Kier alpha value is -3.54. The lowest BCUT2D eigenvalue weighted by atomic mass is 10.1. The number of benzene rings is 3. The fourth-order valence-corrected chi connectivity index (χ4v) is 4.48. The van der Waals surface area contributed by atoms with Gasteiger partial charge in [-0.3, -0.25) is 4.79 Å². The predicted octanol–water partition coefficient (Wildman–Crippen LogP) is 7.36. The van der Waals surface area contributed by atoms with Gasteiger partial charge in [0.2, 0.25) is 0 Å². The molecule has 184 valence electrons. The minimum atomic E-state index is -0.273. The first-order valence-corrected chi connectivity index (χ1v) is 12.3. The van der Waals surface area contributed by atoms with Crippen molar-refractivity contribution in [1.29, 1.82) is 0 Å². The Morgan fingerprint density at radius 1 is 0.917 bits per heavy atom. The largest absolute Gasteiger partial charge is 0.488 e. The van der Waals surface area contributed by atoms with Gasteiger partial charge in [0.15, 0.2) is 0 Å². The monoisotopic (exact) mass is 519 g/mol. The smallest absolute Gasteiger partial charge is 0.271 e. The highest BCUT2D eigenvalue weighted by Crippen LogP contribution is 2.27. The molecule has 5 nitrogen and oxygen atoms in total. The van der Waals surface area contributed by atoms with Gasteiger partial charge < -0.3 is 9.30 Å². The molecule has 1 heterocycles. The summed E-state index contributed by atoms with van der Waals surface area (Å²) in [4.78, 5) is 12.7. The van der Waals surface area contributed by atoms with Crippen LogP contribution in [0.2, 0.25) is 10.0 Å². The number of nitrogens with one attached hydrogen (secondary N) is 1. The third kappa shape index (κ3) is 5.81. The maximum atomic E-state index is 12.7. The van der Waals surface area contributed by atoms with E-state index in [0.717, 1.165) is 45.1 Å². The van der Waals surface area contributed by atoms with Gasteiger partial charge in [-0.15, -0.1) is 0 Å². The number of carbonyl (C=O) groups is 1. The number of rotatable bonds is 7. The molecule has 0 aliphatic carbocycles. The molecule has 0 radical (unpaired) electrons. The van der Waals surface area contributed by atoms with Crippen LogP contribution in [0.25, 0.3) is 5.69 Å². The van der Waals surface area contributed by atoms with Gasteiger partial charge in [0.1, 0.15) is 12.4 Å². The van der Waals surface area contributed by atoms with Crippen LogP contribution in [0.5, 0.6) is 5.75 Å². The Labute approximate surface area is 221 Å². The van der Waals surface area contributed by atoms with Crippen LogP contribution in [0, 0.1) is 27.7 Å². The molecule has 0 aliphatic heterocycles. The van der Waals surface area contributed by atoms with Crippen LogP contribution < -0.4 is 10.2 Å². The lowest BCUT2D eigenvalue weighted by Gasteiger charge is -2.13. The zero-order chi connectivity index (χ0) is 25.8. The third-order valence-corrected chi connectivity index (χ3v) is 6.61. The highest BCUT2D eigenvalue weighted by Gasteiger charge is 2.10. The summed E-state index contributed by atoms with van der Waals surface area (Å²) in [5.74, 6) is 0.528. The van der Waals surface area contributed by atoms with E-state index in [4.69, 9.17) is 27.9 Å². The van der Waals surface area contributed by atoms with Gasteiger partial charge in [0, 0.05) is 22.6 Å². The standard InChI is InChI=1S/C29H27Cl2N3O2/c1-18-12-23(13-19(2)28(18)36-17-22-10-11-26(30)27(31)14-22)16-32-33-29(35)24-6-5-7-25(15-24)34-20(3)8-9-21(34)4/h5-16H,17H2,1-4H3,(H,33,35)/b32-16-. The molecule has 4 rings (SSSR count). The zero-order valence-corrected chi connectivity index (χ0v) is 22.1. The van der Waals surface area contributed by atoms with E-state index in [0.29, 0.717) is 22.2 Å². The van der Waals surface area contributed by atoms with Crippen LogP contribution in [0.4, 0.5) is 0 Å². The second-order valence-corrected chi connectivity index (χ2v) is 9.54. The van der Waals surface area contributed by atoms with Crippen molar-refractivity contribution in [3.8, 4) is 11.4 Å². The van der Waals surface area contributed by atoms with E-state index < -0.39 is 0 Å². The first-order valence-electron chi connectivity index (χ1n) is 11.5. The minimum absolute atomic E-state index is 0.273. The van der Waals surface area contributed by atoms with Crippen molar-refractivity contribution in [3.63, 3.8) is 0 Å². The van der Waals surface area contributed by atoms with E-state index in [2.05, 4.69) is 27.2 Å². The van der Waals surface area contributed by atoms with E-state index in [1.165, 1.54) is 0 Å². The lowest BCUT2D eigenvalue weighted by molar-refractivity contribution is 0.0955. The summed E-state index contributed by atoms with van der Waals surface area (Å²) < 4.78 is 8.15. The van der Waals surface area contributed by atoms with Crippen molar-refractivity contribution >= 4 is 35.3 Å². The van der Waals surface area contributed by atoms with Crippen molar-refractivity contribution in [2.24, 2.45) is 5.10 Å². The van der Waals surface area contributed by atoms with Crippen LogP contribution in [-0.4, -0.2) is 16.7 Å². The van der Waals surface area contributed by atoms with Gasteiger partial charge >= 0.3 is 0 Å². The Balaban J connectivity index is 1.42. The number of ether oxygens (including phenoxy) is 1. The maximum absolute atomic E-state index is 12.7. The minimum Gasteiger partial charge on any atom is -0.488 e. The summed E-state index contributed by atoms with van der Waals surface area (Å²) in [7, 11) is 0. The van der Waals surface area contributed by atoms with E-state index in [-0.39, 0.29) is 5.91 Å². The topological polar surface area (TPSA) is 55.6 Å². The molecule has 0 spiro atoms. The summed E-state index contributed by atoms with van der Waals surface area (Å²) in [5.41, 5.74) is 10.0. The van der Waals surface area contributed by atoms with Crippen LogP contribution in [0.3, 0.4) is 0 Å². The molecule has 4 aromatic rings. The summed E-state index contributed by atoms with van der Waals surface area (Å²) in [6, 6.07) is 21.0. The second-order valence-electron chi connectivity index (χ2n) is 8.72. The Morgan fingerprint density at radius 3 is 2.28 bits per heavy atom. The number of amides is 1. The van der Waals surface area contributed by atoms with Gasteiger partial charge in [-0.1, -0.05) is 35.3 Å². The Bertz CT molecular complexity index is 1410. The molecule has 3 aromatic carbocycles. The highest BCUT2D eigenvalue weighted by molar-refractivity contribution is 6.42. The summed E-state index contributed by atoms with van der Waals surface area (Å²) >= 11 is 12.1. The van der Waals surface area contributed by atoms with Crippen molar-refractivity contribution in [1.82, 2.24) is 9.99 Å². The zero-order valence-electron chi connectivity index (χ0n) is 20.6. The fraction of sp³-hybridized carbons (Fsp3) is 0.172. The fourth-order valence-electron chi connectivity index (χ4n) is 4.16. The molecule has 0 saturated carbocycles. The molecule has 1 amide bonds. The molecule has 0 aliphatic rings. The number of aryl methyl sites for hydroxylation is 4. The average Bonchev–Trinajstić information content (AvgIpc) is 3.18. The van der Waals surface area contributed by atoms with Gasteiger partial charge in [-0.05, 0) is 105 Å². The van der Waals surface area contributed by atoms with Gasteiger partial charge in [-0.25, -0.2) is 5.43 Å². The van der Waals surface area contributed by atoms with Crippen molar-refractivity contribution < 1.29 is 9.53 Å². The molecule has 36 heavy (non-hydrogen) atoms. The molecule has 7 heteroatoms. The lowest BCUT2D eigenvalue weighted by Crippen LogP contribution is -2.18. The molecule has 0 saturated heterocycles. The summed E-state index contributed by atoms with van der Waals surface area (Å²) in [5, 5.41) is 5.19. The molecule has 0 atom stereocenters. The third-order valence-electron chi connectivity index (χ3n) is 5.87. The van der Waals surface area contributed by atoms with Gasteiger partial charge in [0.05, 0.1) is 16.3 Å². The van der Waals surface area contributed by atoms with Gasteiger partial charge in [-0.2, -0.15) is 5.10 Å². The van der Waals surface area contributed by atoms with Gasteiger partial charge in [0.25, 0.3) is 5.91 Å². The van der Waals surface area contributed by atoms with Crippen molar-refractivity contribution in [2.45, 2.75) is 34.3 Å². The maximum Gasteiger partial charge on any atom is 0.271 e. The molecule has 0 fully saturated rings. The summed E-state index contributed by atoms with van der Waals surface area (Å²) in [6.07, 6.45) is 1.63. The molecular weight excluding hydrogens is 493 g/mol. The number of hydrazone groups is 1. The summed E-state index contributed by atoms with van der Waals surface area (Å²) in [6.45, 7) is 8.41. The second kappa shape index (κ2) is 11.0.